The number of aryl methyl sites for hydroxylation is 1. The molecule has 2 heterocycles. The van der Waals surface area contributed by atoms with E-state index in [1.807, 2.05) is 25.1 Å². The number of amides is 1. The van der Waals surface area contributed by atoms with Crippen molar-refractivity contribution in [3.63, 3.8) is 0 Å². The van der Waals surface area contributed by atoms with Gasteiger partial charge in [0, 0.05) is 17.6 Å². The zero-order valence-corrected chi connectivity index (χ0v) is 15.5. The van der Waals surface area contributed by atoms with Crippen LogP contribution in [0.25, 0.3) is 11.1 Å². The van der Waals surface area contributed by atoms with Crippen LogP contribution in [0.2, 0.25) is 0 Å². The molecule has 2 atom stereocenters. The lowest BCUT2D eigenvalue weighted by molar-refractivity contribution is 0.122. The van der Waals surface area contributed by atoms with E-state index >= 15 is 0 Å². The molecule has 0 spiro atoms. The monoisotopic (exact) mass is 368 g/mol. The van der Waals surface area contributed by atoms with Gasteiger partial charge < -0.3 is 10.1 Å². The van der Waals surface area contributed by atoms with Gasteiger partial charge in [-0.3, -0.25) is 5.32 Å². The molecule has 2 aromatic carbocycles. The van der Waals surface area contributed by atoms with E-state index in [1.54, 1.807) is 12.1 Å². The summed E-state index contributed by atoms with van der Waals surface area (Å²) < 4.78 is 18.7. The van der Waals surface area contributed by atoms with Gasteiger partial charge in [0.05, 0.1) is 12.3 Å². The number of ether oxygens (including phenoxy) is 1. The fourth-order valence-electron chi connectivity index (χ4n) is 4.29. The summed E-state index contributed by atoms with van der Waals surface area (Å²) in [7, 11) is 0. The highest BCUT2D eigenvalue weighted by atomic mass is 19.1. The molecule has 2 bridgehead atoms. The lowest BCUT2D eigenvalue weighted by Crippen LogP contribution is -2.39. The van der Waals surface area contributed by atoms with Crippen LogP contribution in [0.4, 0.5) is 14.9 Å². The Morgan fingerprint density at radius 2 is 1.85 bits per heavy atom. The van der Waals surface area contributed by atoms with Crippen molar-refractivity contribution >= 4 is 11.8 Å². The summed E-state index contributed by atoms with van der Waals surface area (Å²) in [5.74, 6) is 0.152. The van der Waals surface area contributed by atoms with Crippen LogP contribution in [0.5, 0.6) is 0 Å². The zero-order valence-electron chi connectivity index (χ0n) is 15.5. The molecule has 4 nitrogen and oxygen atoms in total. The number of carbonyl (C=O) groups is 1. The van der Waals surface area contributed by atoms with E-state index in [9.17, 15) is 9.18 Å². The Morgan fingerprint density at radius 3 is 2.56 bits per heavy atom. The Labute approximate surface area is 159 Å². The van der Waals surface area contributed by atoms with E-state index in [0.29, 0.717) is 30.3 Å². The van der Waals surface area contributed by atoms with Crippen LogP contribution in [0.1, 0.15) is 31.2 Å². The first-order chi connectivity index (χ1) is 13.1. The average Bonchev–Trinajstić information content (AvgIpc) is 2.99. The third kappa shape index (κ3) is 4.30. The number of anilines is 1. The third-order valence-electron chi connectivity index (χ3n) is 5.59. The Kier molecular flexibility index (Phi) is 5.12. The molecule has 4 rings (SSSR count). The Bertz CT molecular complexity index is 810. The average molecular weight is 368 g/mol. The summed E-state index contributed by atoms with van der Waals surface area (Å²) in [6.07, 6.45) is 4.19. The van der Waals surface area contributed by atoms with E-state index in [2.05, 4.69) is 10.6 Å². The standard InChI is InChI=1S/C22H25FN2O2/c1-14-2-9-20(16-3-5-17(23)6-4-16)21(10-14)25-22(26)27-13-15-11-18-7-8-19(12-15)24-18/h2-6,9-10,15,18-19,24H,7-8,11-13H2,1H3,(H,25,26). The van der Waals surface area contributed by atoms with Crippen molar-refractivity contribution < 1.29 is 13.9 Å². The second-order valence-electron chi connectivity index (χ2n) is 7.75. The minimum absolute atomic E-state index is 0.282. The van der Waals surface area contributed by atoms with E-state index in [4.69, 9.17) is 4.74 Å². The number of carbonyl (C=O) groups excluding carboxylic acids is 1. The van der Waals surface area contributed by atoms with Crippen LogP contribution >= 0.6 is 0 Å². The molecule has 5 heteroatoms. The van der Waals surface area contributed by atoms with Crippen molar-refractivity contribution in [1.29, 1.82) is 0 Å². The fraction of sp³-hybridized carbons (Fsp3) is 0.409. The molecule has 2 unspecified atom stereocenters. The lowest BCUT2D eigenvalue weighted by Gasteiger charge is -2.28. The quantitative estimate of drug-likeness (QED) is 0.809. The van der Waals surface area contributed by atoms with Crippen molar-refractivity contribution in [2.75, 3.05) is 11.9 Å². The third-order valence-corrected chi connectivity index (χ3v) is 5.59. The number of hydrogen-bond donors (Lipinski definition) is 2. The first kappa shape index (κ1) is 18.0. The number of benzene rings is 2. The van der Waals surface area contributed by atoms with E-state index in [0.717, 1.165) is 29.5 Å². The van der Waals surface area contributed by atoms with E-state index < -0.39 is 6.09 Å². The van der Waals surface area contributed by atoms with Gasteiger partial charge in [-0.05, 0) is 67.9 Å². The van der Waals surface area contributed by atoms with Crippen LogP contribution < -0.4 is 10.6 Å². The molecular formula is C22H25FN2O2. The number of hydrogen-bond acceptors (Lipinski definition) is 3. The van der Waals surface area contributed by atoms with Crippen molar-refractivity contribution in [3.05, 3.63) is 53.8 Å². The number of halogens is 1. The molecule has 0 radical (unpaired) electrons. The maximum absolute atomic E-state index is 13.2. The summed E-state index contributed by atoms with van der Waals surface area (Å²) in [5.41, 5.74) is 3.40. The van der Waals surface area contributed by atoms with E-state index in [-0.39, 0.29) is 5.82 Å². The minimum atomic E-state index is -0.435. The summed E-state index contributed by atoms with van der Waals surface area (Å²) in [5, 5.41) is 6.47. The minimum Gasteiger partial charge on any atom is -0.449 e. The SMILES string of the molecule is Cc1ccc(-c2ccc(F)cc2)c(NC(=O)OCC2CC3CCC(C2)N3)c1. The maximum Gasteiger partial charge on any atom is 0.411 e. The summed E-state index contributed by atoms with van der Waals surface area (Å²) in [4.78, 5) is 12.4. The molecule has 2 aliphatic heterocycles. The molecular weight excluding hydrogens is 343 g/mol. The highest BCUT2D eigenvalue weighted by Gasteiger charge is 2.33. The predicted molar refractivity (Wildman–Crippen MR) is 104 cm³/mol. The number of piperidine rings is 1. The fourth-order valence-corrected chi connectivity index (χ4v) is 4.29. The number of rotatable bonds is 4. The van der Waals surface area contributed by atoms with Crippen LogP contribution in [-0.2, 0) is 4.74 Å². The molecule has 2 saturated heterocycles. The zero-order chi connectivity index (χ0) is 18.8. The second kappa shape index (κ2) is 7.69. The van der Waals surface area contributed by atoms with Gasteiger partial charge in [-0.15, -0.1) is 0 Å². The Morgan fingerprint density at radius 1 is 1.15 bits per heavy atom. The van der Waals surface area contributed by atoms with Crippen LogP contribution in [-0.4, -0.2) is 24.8 Å². The Hall–Kier alpha value is -2.40. The molecule has 2 fully saturated rings. The number of nitrogens with one attached hydrogen (secondary N) is 2. The molecule has 142 valence electrons. The summed E-state index contributed by atoms with van der Waals surface area (Å²) in [6.45, 7) is 2.42. The summed E-state index contributed by atoms with van der Waals surface area (Å²) in [6, 6.07) is 13.2. The van der Waals surface area contributed by atoms with Gasteiger partial charge in [0.15, 0.2) is 0 Å². The van der Waals surface area contributed by atoms with Gasteiger partial charge in [0.2, 0.25) is 0 Å². The summed E-state index contributed by atoms with van der Waals surface area (Å²) >= 11 is 0. The highest BCUT2D eigenvalue weighted by molar-refractivity contribution is 5.91. The van der Waals surface area contributed by atoms with Gasteiger partial charge in [0.25, 0.3) is 0 Å². The molecule has 1 amide bonds. The van der Waals surface area contributed by atoms with Crippen LogP contribution in [0.15, 0.2) is 42.5 Å². The molecule has 2 aliphatic rings. The van der Waals surface area contributed by atoms with Gasteiger partial charge in [-0.1, -0.05) is 24.3 Å². The van der Waals surface area contributed by atoms with Crippen molar-refractivity contribution in [2.45, 2.75) is 44.7 Å². The molecule has 2 N–H and O–H groups in total. The second-order valence-corrected chi connectivity index (χ2v) is 7.75. The first-order valence-electron chi connectivity index (χ1n) is 9.63. The first-order valence-corrected chi connectivity index (χ1v) is 9.63. The van der Waals surface area contributed by atoms with Crippen molar-refractivity contribution in [2.24, 2.45) is 5.92 Å². The lowest BCUT2D eigenvalue weighted by atomic mass is 9.93. The van der Waals surface area contributed by atoms with E-state index in [1.165, 1.54) is 25.0 Å². The molecule has 27 heavy (non-hydrogen) atoms. The van der Waals surface area contributed by atoms with Crippen LogP contribution in [0.3, 0.4) is 0 Å². The number of fused-ring (bicyclic) bond motifs is 2. The molecule has 2 aromatic rings. The van der Waals surface area contributed by atoms with Crippen molar-refractivity contribution in [3.8, 4) is 11.1 Å². The molecule has 0 saturated carbocycles. The predicted octanol–water partition coefficient (Wildman–Crippen LogP) is 4.88. The van der Waals surface area contributed by atoms with Gasteiger partial charge in [-0.2, -0.15) is 0 Å². The van der Waals surface area contributed by atoms with Crippen LogP contribution in [0, 0.1) is 18.7 Å². The highest BCUT2D eigenvalue weighted by Crippen LogP contribution is 2.32. The van der Waals surface area contributed by atoms with Gasteiger partial charge in [-0.25, -0.2) is 9.18 Å². The normalized spacial score (nSPS) is 23.9. The van der Waals surface area contributed by atoms with Gasteiger partial charge in [0.1, 0.15) is 5.82 Å². The van der Waals surface area contributed by atoms with Gasteiger partial charge >= 0.3 is 6.09 Å². The maximum atomic E-state index is 13.2. The smallest absolute Gasteiger partial charge is 0.411 e. The Balaban J connectivity index is 1.41. The molecule has 0 aliphatic carbocycles. The largest absolute Gasteiger partial charge is 0.449 e. The molecule has 0 aromatic heterocycles. The van der Waals surface area contributed by atoms with Crippen molar-refractivity contribution in [1.82, 2.24) is 5.32 Å². The topological polar surface area (TPSA) is 50.4 Å².